The second-order valence-corrected chi connectivity index (χ2v) is 5.27. The number of anilines is 1. The molecular weight excluding hydrogens is 252 g/mol. The van der Waals surface area contributed by atoms with E-state index in [0.29, 0.717) is 18.0 Å². The van der Waals surface area contributed by atoms with Crippen molar-refractivity contribution in [1.29, 1.82) is 0 Å². The van der Waals surface area contributed by atoms with E-state index in [0.717, 1.165) is 11.1 Å². The molecule has 0 aliphatic carbocycles. The van der Waals surface area contributed by atoms with Gasteiger partial charge in [0.15, 0.2) is 0 Å². The number of hydrogen-bond donors (Lipinski definition) is 1. The molecule has 0 amide bonds. The normalized spacial score (nSPS) is 10.8. The zero-order chi connectivity index (χ0) is 14.7. The fourth-order valence-corrected chi connectivity index (χ4v) is 2.21. The fraction of sp³-hybridized carbons (Fsp3) is 0.250. The van der Waals surface area contributed by atoms with Crippen molar-refractivity contribution in [3.8, 4) is 0 Å². The summed E-state index contributed by atoms with van der Waals surface area (Å²) in [6.07, 6.45) is 0.645. The van der Waals surface area contributed by atoms with Crippen LogP contribution in [-0.2, 0) is 6.42 Å². The largest absolute Gasteiger partial charge is 0.399 e. The van der Waals surface area contributed by atoms with E-state index in [9.17, 15) is 10.1 Å². The third-order valence-electron chi connectivity index (χ3n) is 3.24. The zero-order valence-corrected chi connectivity index (χ0v) is 11.7. The molecule has 4 heteroatoms. The Morgan fingerprint density at radius 1 is 1.15 bits per heavy atom. The van der Waals surface area contributed by atoms with Gasteiger partial charge in [0.05, 0.1) is 4.92 Å². The summed E-state index contributed by atoms with van der Waals surface area (Å²) < 4.78 is 0. The van der Waals surface area contributed by atoms with Crippen LogP contribution in [-0.4, -0.2) is 4.92 Å². The molecule has 0 fully saturated rings. The van der Waals surface area contributed by atoms with E-state index in [2.05, 4.69) is 26.0 Å². The molecule has 0 unspecified atom stereocenters. The lowest BCUT2D eigenvalue weighted by atomic mass is 9.97. The minimum atomic E-state index is -0.412. The standard InChI is InChI=1S/C16H18N2O2/c1-11(2)14-5-3-4-12(7-14)6-13-8-15(17)10-16(9-13)18(19)20/h3-5,7-11H,6,17H2,1-2H3. The molecule has 0 radical (unpaired) electrons. The molecule has 4 nitrogen and oxygen atoms in total. The van der Waals surface area contributed by atoms with E-state index in [1.165, 1.54) is 11.6 Å². The van der Waals surface area contributed by atoms with Crippen molar-refractivity contribution in [3.63, 3.8) is 0 Å². The lowest BCUT2D eigenvalue weighted by Crippen LogP contribution is -1.97. The Labute approximate surface area is 118 Å². The Kier molecular flexibility index (Phi) is 4.03. The zero-order valence-electron chi connectivity index (χ0n) is 11.7. The molecule has 2 aromatic carbocycles. The summed E-state index contributed by atoms with van der Waals surface area (Å²) in [7, 11) is 0. The van der Waals surface area contributed by atoms with Gasteiger partial charge in [-0.3, -0.25) is 10.1 Å². The Morgan fingerprint density at radius 3 is 2.55 bits per heavy atom. The molecule has 0 bridgehead atoms. The summed E-state index contributed by atoms with van der Waals surface area (Å²) in [5, 5.41) is 10.9. The predicted octanol–water partition coefficient (Wildman–Crippen LogP) is 3.89. The molecule has 0 saturated carbocycles. The number of rotatable bonds is 4. The number of benzene rings is 2. The number of hydrogen-bond acceptors (Lipinski definition) is 3. The number of nitrogens with two attached hydrogens (primary N) is 1. The van der Waals surface area contributed by atoms with E-state index in [1.807, 2.05) is 12.1 Å². The average molecular weight is 270 g/mol. The fourth-order valence-electron chi connectivity index (χ4n) is 2.21. The first-order valence-electron chi connectivity index (χ1n) is 6.58. The molecule has 2 rings (SSSR count). The van der Waals surface area contributed by atoms with Gasteiger partial charge in [-0.05, 0) is 35.1 Å². The first-order chi connectivity index (χ1) is 9.45. The van der Waals surface area contributed by atoms with Crippen molar-refractivity contribution in [2.45, 2.75) is 26.2 Å². The van der Waals surface area contributed by atoms with Gasteiger partial charge in [0.1, 0.15) is 0 Å². The summed E-state index contributed by atoms with van der Waals surface area (Å²) in [5.74, 6) is 0.463. The topological polar surface area (TPSA) is 69.2 Å². The smallest absolute Gasteiger partial charge is 0.271 e. The molecule has 0 spiro atoms. The van der Waals surface area contributed by atoms with Gasteiger partial charge >= 0.3 is 0 Å². The van der Waals surface area contributed by atoms with Crippen molar-refractivity contribution < 1.29 is 4.92 Å². The number of nitro groups is 1. The van der Waals surface area contributed by atoms with Gasteiger partial charge in [0.2, 0.25) is 0 Å². The Balaban J connectivity index is 2.30. The second kappa shape index (κ2) is 5.74. The molecule has 2 N–H and O–H groups in total. The van der Waals surface area contributed by atoms with E-state index >= 15 is 0 Å². The summed E-state index contributed by atoms with van der Waals surface area (Å²) in [5.41, 5.74) is 9.45. The molecule has 0 aliphatic heterocycles. The predicted molar refractivity (Wildman–Crippen MR) is 80.8 cm³/mol. The molecule has 0 saturated heterocycles. The Morgan fingerprint density at radius 2 is 1.90 bits per heavy atom. The van der Waals surface area contributed by atoms with Crippen molar-refractivity contribution in [3.05, 3.63) is 69.3 Å². The van der Waals surface area contributed by atoms with Crippen LogP contribution in [0.4, 0.5) is 11.4 Å². The van der Waals surface area contributed by atoms with Crippen LogP contribution in [0.5, 0.6) is 0 Å². The maximum Gasteiger partial charge on any atom is 0.271 e. The molecule has 0 aromatic heterocycles. The van der Waals surface area contributed by atoms with Crippen molar-refractivity contribution in [2.24, 2.45) is 0 Å². The second-order valence-electron chi connectivity index (χ2n) is 5.27. The van der Waals surface area contributed by atoms with Gasteiger partial charge in [0.25, 0.3) is 5.69 Å². The minimum absolute atomic E-state index is 0.0417. The summed E-state index contributed by atoms with van der Waals surface area (Å²) in [6, 6.07) is 13.0. The van der Waals surface area contributed by atoms with E-state index in [1.54, 1.807) is 12.1 Å². The molecular formula is C16H18N2O2. The lowest BCUT2D eigenvalue weighted by molar-refractivity contribution is -0.384. The molecule has 0 aliphatic rings. The van der Waals surface area contributed by atoms with Crippen LogP contribution in [0.2, 0.25) is 0 Å². The van der Waals surface area contributed by atoms with Crippen LogP contribution in [0.1, 0.15) is 36.5 Å². The van der Waals surface area contributed by atoms with Gasteiger partial charge in [-0.25, -0.2) is 0 Å². The molecule has 0 heterocycles. The summed E-state index contributed by atoms with van der Waals surface area (Å²) >= 11 is 0. The molecule has 104 valence electrons. The summed E-state index contributed by atoms with van der Waals surface area (Å²) in [6.45, 7) is 4.29. The Hall–Kier alpha value is -2.36. The minimum Gasteiger partial charge on any atom is -0.399 e. The van der Waals surface area contributed by atoms with Crippen LogP contribution < -0.4 is 5.73 Å². The average Bonchev–Trinajstić information content (AvgIpc) is 2.38. The highest BCUT2D eigenvalue weighted by Crippen LogP contribution is 2.22. The number of nitro benzene ring substituents is 1. The highest BCUT2D eigenvalue weighted by atomic mass is 16.6. The van der Waals surface area contributed by atoms with Crippen LogP contribution in [0, 0.1) is 10.1 Å². The molecule has 20 heavy (non-hydrogen) atoms. The van der Waals surface area contributed by atoms with Crippen molar-refractivity contribution in [2.75, 3.05) is 5.73 Å². The summed E-state index contributed by atoms with van der Waals surface area (Å²) in [4.78, 5) is 10.4. The van der Waals surface area contributed by atoms with Gasteiger partial charge in [0, 0.05) is 17.8 Å². The molecule has 0 atom stereocenters. The first kappa shape index (κ1) is 14.1. The quantitative estimate of drug-likeness (QED) is 0.520. The van der Waals surface area contributed by atoms with E-state index in [-0.39, 0.29) is 5.69 Å². The van der Waals surface area contributed by atoms with Gasteiger partial charge in [-0.15, -0.1) is 0 Å². The first-order valence-corrected chi connectivity index (χ1v) is 6.58. The maximum absolute atomic E-state index is 10.9. The third kappa shape index (κ3) is 3.35. The highest BCUT2D eigenvalue weighted by molar-refractivity contribution is 5.51. The van der Waals surface area contributed by atoms with Crippen LogP contribution in [0.15, 0.2) is 42.5 Å². The van der Waals surface area contributed by atoms with Crippen LogP contribution in [0.25, 0.3) is 0 Å². The lowest BCUT2D eigenvalue weighted by Gasteiger charge is -2.08. The number of non-ortho nitro benzene ring substituents is 1. The van der Waals surface area contributed by atoms with E-state index < -0.39 is 4.92 Å². The van der Waals surface area contributed by atoms with Crippen molar-refractivity contribution >= 4 is 11.4 Å². The van der Waals surface area contributed by atoms with Crippen LogP contribution >= 0.6 is 0 Å². The number of nitrogens with zero attached hydrogens (tertiary/aromatic N) is 1. The SMILES string of the molecule is CC(C)c1cccc(Cc2cc(N)cc([N+](=O)[O-])c2)c1. The van der Waals surface area contributed by atoms with Gasteiger partial charge in [-0.2, -0.15) is 0 Å². The molecule has 2 aromatic rings. The monoisotopic (exact) mass is 270 g/mol. The van der Waals surface area contributed by atoms with E-state index in [4.69, 9.17) is 5.73 Å². The highest BCUT2D eigenvalue weighted by Gasteiger charge is 2.09. The number of nitrogen functional groups attached to an aromatic ring is 1. The Bertz CT molecular complexity index is 636. The van der Waals surface area contributed by atoms with Gasteiger partial charge < -0.3 is 5.73 Å². The van der Waals surface area contributed by atoms with Crippen molar-refractivity contribution in [1.82, 2.24) is 0 Å². The van der Waals surface area contributed by atoms with Gasteiger partial charge in [-0.1, -0.05) is 38.1 Å². The van der Waals surface area contributed by atoms with Crippen LogP contribution in [0.3, 0.4) is 0 Å². The third-order valence-corrected chi connectivity index (χ3v) is 3.24. The maximum atomic E-state index is 10.9.